The molecule has 0 aliphatic carbocycles. The predicted molar refractivity (Wildman–Crippen MR) is 79.6 cm³/mol. The second-order valence-corrected chi connectivity index (χ2v) is 5.36. The van der Waals surface area contributed by atoms with Gasteiger partial charge in [-0.25, -0.2) is 0 Å². The minimum absolute atomic E-state index is 0.121. The average molecular weight is 265 g/mol. The Morgan fingerprint density at radius 3 is 2.47 bits per heavy atom. The number of hydrogen-bond donors (Lipinski definition) is 1. The fraction of sp³-hybridized carbons (Fsp3) is 0.625. The van der Waals surface area contributed by atoms with Crippen LogP contribution in [0.1, 0.15) is 32.3 Å². The van der Waals surface area contributed by atoms with Crippen molar-refractivity contribution in [3.8, 4) is 5.75 Å². The van der Waals surface area contributed by atoms with Gasteiger partial charge in [-0.3, -0.25) is 0 Å². The molecule has 1 aromatic rings. The van der Waals surface area contributed by atoms with Crippen molar-refractivity contribution in [2.24, 2.45) is 11.7 Å². The van der Waals surface area contributed by atoms with Crippen LogP contribution in [-0.2, 0) is 11.2 Å². The predicted octanol–water partition coefficient (Wildman–Crippen LogP) is 3.02. The lowest BCUT2D eigenvalue weighted by Crippen LogP contribution is -2.25. The third kappa shape index (κ3) is 6.60. The van der Waals surface area contributed by atoms with E-state index in [0.29, 0.717) is 5.92 Å². The van der Waals surface area contributed by atoms with E-state index in [0.717, 1.165) is 38.2 Å². The van der Waals surface area contributed by atoms with Gasteiger partial charge in [-0.1, -0.05) is 32.0 Å². The lowest BCUT2D eigenvalue weighted by Gasteiger charge is -2.14. The largest absolute Gasteiger partial charge is 0.496 e. The van der Waals surface area contributed by atoms with E-state index in [1.54, 1.807) is 7.11 Å². The molecule has 1 unspecified atom stereocenters. The fourth-order valence-electron chi connectivity index (χ4n) is 1.91. The van der Waals surface area contributed by atoms with Crippen LogP contribution in [0, 0.1) is 5.92 Å². The first-order valence-electron chi connectivity index (χ1n) is 7.08. The molecule has 3 nitrogen and oxygen atoms in total. The summed E-state index contributed by atoms with van der Waals surface area (Å²) in [5, 5.41) is 0. The molecule has 0 fully saturated rings. The quantitative estimate of drug-likeness (QED) is 0.698. The molecular weight excluding hydrogens is 238 g/mol. The van der Waals surface area contributed by atoms with Crippen molar-refractivity contribution in [1.29, 1.82) is 0 Å². The monoisotopic (exact) mass is 265 g/mol. The number of hydrogen-bond acceptors (Lipinski definition) is 3. The van der Waals surface area contributed by atoms with Crippen molar-refractivity contribution in [2.45, 2.75) is 39.2 Å². The first kappa shape index (κ1) is 16.0. The molecule has 0 saturated heterocycles. The minimum Gasteiger partial charge on any atom is -0.496 e. The highest BCUT2D eigenvalue weighted by Gasteiger charge is 2.08. The number of rotatable bonds is 9. The van der Waals surface area contributed by atoms with Crippen molar-refractivity contribution in [3.05, 3.63) is 29.8 Å². The maximum atomic E-state index is 6.14. The normalized spacial score (nSPS) is 12.7. The van der Waals surface area contributed by atoms with Gasteiger partial charge in [-0.05, 0) is 36.8 Å². The summed E-state index contributed by atoms with van der Waals surface area (Å²) in [6.07, 6.45) is 2.83. The molecule has 1 atom stereocenters. The summed E-state index contributed by atoms with van der Waals surface area (Å²) in [6, 6.07) is 8.15. The molecule has 3 heteroatoms. The smallest absolute Gasteiger partial charge is 0.122 e. The fourth-order valence-corrected chi connectivity index (χ4v) is 1.91. The van der Waals surface area contributed by atoms with Gasteiger partial charge in [-0.2, -0.15) is 0 Å². The van der Waals surface area contributed by atoms with Crippen LogP contribution in [0.4, 0.5) is 0 Å². The molecule has 0 radical (unpaired) electrons. The molecule has 0 aliphatic heterocycles. The Kier molecular flexibility index (Phi) is 7.53. The summed E-state index contributed by atoms with van der Waals surface area (Å²) < 4.78 is 10.9. The number of methoxy groups -OCH3 is 1. The Labute approximate surface area is 117 Å². The molecule has 108 valence electrons. The third-order valence-electron chi connectivity index (χ3n) is 3.15. The van der Waals surface area contributed by atoms with E-state index in [1.165, 1.54) is 5.56 Å². The highest BCUT2D eigenvalue weighted by atomic mass is 16.5. The Morgan fingerprint density at radius 1 is 1.11 bits per heavy atom. The van der Waals surface area contributed by atoms with Crippen LogP contribution in [0.25, 0.3) is 0 Å². The zero-order valence-electron chi connectivity index (χ0n) is 12.4. The van der Waals surface area contributed by atoms with Crippen molar-refractivity contribution >= 4 is 0 Å². The van der Waals surface area contributed by atoms with Gasteiger partial charge >= 0.3 is 0 Å². The van der Waals surface area contributed by atoms with E-state index >= 15 is 0 Å². The summed E-state index contributed by atoms with van der Waals surface area (Å²) >= 11 is 0. The van der Waals surface area contributed by atoms with E-state index < -0.39 is 0 Å². The number of nitrogens with two attached hydrogens (primary N) is 1. The molecule has 0 aliphatic rings. The second kappa shape index (κ2) is 8.94. The van der Waals surface area contributed by atoms with E-state index in [1.807, 2.05) is 18.2 Å². The van der Waals surface area contributed by atoms with Crippen molar-refractivity contribution in [2.75, 3.05) is 20.3 Å². The molecule has 0 heterocycles. The van der Waals surface area contributed by atoms with Gasteiger partial charge in [0.25, 0.3) is 0 Å². The Balaban J connectivity index is 2.25. The lowest BCUT2D eigenvalue weighted by atomic mass is 10.0. The van der Waals surface area contributed by atoms with Gasteiger partial charge in [0, 0.05) is 19.3 Å². The average Bonchev–Trinajstić information content (AvgIpc) is 2.38. The third-order valence-corrected chi connectivity index (χ3v) is 3.15. The van der Waals surface area contributed by atoms with Gasteiger partial charge in [0.1, 0.15) is 5.75 Å². The zero-order valence-corrected chi connectivity index (χ0v) is 12.4. The summed E-state index contributed by atoms with van der Waals surface area (Å²) in [6.45, 7) is 5.98. The van der Waals surface area contributed by atoms with Crippen LogP contribution in [0.3, 0.4) is 0 Å². The standard InChI is InChI=1S/C16H27NO2/c1-13(2)8-10-19-11-9-15(17)12-14-6-4-5-7-16(14)18-3/h4-7,13,15H,8-12,17H2,1-3H3. The first-order chi connectivity index (χ1) is 9.13. The number of ether oxygens (including phenoxy) is 2. The van der Waals surface area contributed by atoms with Gasteiger partial charge in [-0.15, -0.1) is 0 Å². The number of benzene rings is 1. The van der Waals surface area contributed by atoms with Crippen LogP contribution in [0.5, 0.6) is 5.75 Å². The molecular formula is C16H27NO2. The van der Waals surface area contributed by atoms with Gasteiger partial charge < -0.3 is 15.2 Å². The molecule has 0 amide bonds. The van der Waals surface area contributed by atoms with Crippen LogP contribution in [0.15, 0.2) is 24.3 Å². The molecule has 0 spiro atoms. The van der Waals surface area contributed by atoms with Crippen LogP contribution in [-0.4, -0.2) is 26.4 Å². The number of para-hydroxylation sites is 1. The SMILES string of the molecule is COc1ccccc1CC(N)CCOCCC(C)C. The Hall–Kier alpha value is -1.06. The lowest BCUT2D eigenvalue weighted by molar-refractivity contribution is 0.117. The maximum absolute atomic E-state index is 6.14. The van der Waals surface area contributed by atoms with E-state index in [9.17, 15) is 0 Å². The molecule has 0 aromatic heterocycles. The van der Waals surface area contributed by atoms with Crippen molar-refractivity contribution in [3.63, 3.8) is 0 Å². The zero-order chi connectivity index (χ0) is 14.1. The Bertz CT molecular complexity index is 352. The van der Waals surface area contributed by atoms with E-state index in [4.69, 9.17) is 15.2 Å². The van der Waals surface area contributed by atoms with Crippen LogP contribution < -0.4 is 10.5 Å². The summed E-state index contributed by atoms with van der Waals surface area (Å²) in [7, 11) is 1.69. The molecule has 0 saturated carbocycles. The molecule has 2 N–H and O–H groups in total. The topological polar surface area (TPSA) is 44.5 Å². The molecule has 0 bridgehead atoms. The minimum atomic E-state index is 0.121. The van der Waals surface area contributed by atoms with Crippen molar-refractivity contribution < 1.29 is 9.47 Å². The first-order valence-corrected chi connectivity index (χ1v) is 7.08. The van der Waals surface area contributed by atoms with Crippen LogP contribution in [0.2, 0.25) is 0 Å². The molecule has 19 heavy (non-hydrogen) atoms. The summed E-state index contributed by atoms with van der Waals surface area (Å²) in [5.74, 6) is 1.61. The van der Waals surface area contributed by atoms with E-state index in [-0.39, 0.29) is 6.04 Å². The summed E-state index contributed by atoms with van der Waals surface area (Å²) in [4.78, 5) is 0. The molecule has 1 aromatic carbocycles. The van der Waals surface area contributed by atoms with Gasteiger partial charge in [0.2, 0.25) is 0 Å². The molecule has 1 rings (SSSR count). The van der Waals surface area contributed by atoms with Gasteiger partial charge in [0.15, 0.2) is 0 Å². The maximum Gasteiger partial charge on any atom is 0.122 e. The summed E-state index contributed by atoms with van der Waals surface area (Å²) in [5.41, 5.74) is 7.30. The Morgan fingerprint density at radius 2 is 1.79 bits per heavy atom. The van der Waals surface area contributed by atoms with Crippen LogP contribution >= 0.6 is 0 Å². The highest BCUT2D eigenvalue weighted by Crippen LogP contribution is 2.19. The van der Waals surface area contributed by atoms with E-state index in [2.05, 4.69) is 19.9 Å². The van der Waals surface area contributed by atoms with Crippen molar-refractivity contribution in [1.82, 2.24) is 0 Å². The highest BCUT2D eigenvalue weighted by molar-refractivity contribution is 5.33. The van der Waals surface area contributed by atoms with Gasteiger partial charge in [0.05, 0.1) is 7.11 Å². The second-order valence-electron chi connectivity index (χ2n) is 5.36.